The van der Waals surface area contributed by atoms with Gasteiger partial charge in [-0.2, -0.15) is 0 Å². The largest absolute Gasteiger partial charge is 0.485 e. The molecule has 256 valence electrons. The van der Waals surface area contributed by atoms with Gasteiger partial charge in [-0.25, -0.2) is 0 Å². The summed E-state index contributed by atoms with van der Waals surface area (Å²) in [6.07, 6.45) is 7.67. The van der Waals surface area contributed by atoms with E-state index in [-0.39, 0.29) is 17.4 Å². The Hall–Kier alpha value is -5.29. The van der Waals surface area contributed by atoms with Gasteiger partial charge in [-0.1, -0.05) is 28.1 Å². The number of hydrogen-bond acceptors (Lipinski definition) is 7. The first kappa shape index (κ1) is 34.6. The number of nitrogens with one attached hydrogen (secondary N) is 2. The van der Waals surface area contributed by atoms with Crippen molar-refractivity contribution in [2.45, 2.75) is 59.7 Å². The van der Waals surface area contributed by atoms with Crippen LogP contribution >= 0.6 is 15.9 Å². The van der Waals surface area contributed by atoms with E-state index in [4.69, 9.17) is 9.47 Å². The van der Waals surface area contributed by atoms with E-state index < -0.39 is 0 Å². The molecule has 2 aromatic carbocycles. The van der Waals surface area contributed by atoms with Gasteiger partial charge in [0, 0.05) is 48.5 Å². The van der Waals surface area contributed by atoms with Crippen LogP contribution in [0.2, 0.25) is 0 Å². The lowest BCUT2D eigenvalue weighted by atomic mass is 9.96. The minimum absolute atomic E-state index is 0.0120. The van der Waals surface area contributed by atoms with Crippen LogP contribution in [0.1, 0.15) is 52.0 Å². The smallest absolute Gasteiger partial charge is 0.253 e. The van der Waals surface area contributed by atoms with Gasteiger partial charge >= 0.3 is 0 Å². The standard InChI is InChI=1S/C23H23N3O3.C16H15BrN2O2/c1-14-5-4-8-24-19(14)13-29-20-11-17(10-16-6-7-21(27)25-22(16)20)18-9-15(2)23(28)26(3)12-18;1-10-3-2-6-18-13(10)9-21-14-8-12(17)7-11-4-5-15(20)19-16(11)14/h4-5,8-12H,6-7,13H2,1-3H3,(H,25,27);2-3,6-8H,4-5,9H2,1H3,(H,19,20). The van der Waals surface area contributed by atoms with Gasteiger partial charge in [0.25, 0.3) is 5.56 Å². The summed E-state index contributed by atoms with van der Waals surface area (Å²) in [6.45, 7) is 6.50. The first-order valence-electron chi connectivity index (χ1n) is 16.4. The number of fused-ring (bicyclic) bond motifs is 2. The first-order valence-corrected chi connectivity index (χ1v) is 17.2. The number of aryl methyl sites for hydroxylation is 6. The highest BCUT2D eigenvalue weighted by molar-refractivity contribution is 9.10. The summed E-state index contributed by atoms with van der Waals surface area (Å²) >= 11 is 3.49. The van der Waals surface area contributed by atoms with Crippen LogP contribution in [0.25, 0.3) is 11.1 Å². The van der Waals surface area contributed by atoms with Gasteiger partial charge < -0.3 is 24.7 Å². The Balaban J connectivity index is 0.000000182. The third-order valence-corrected chi connectivity index (χ3v) is 9.22. The number of halogens is 1. The summed E-state index contributed by atoms with van der Waals surface area (Å²) in [5.41, 5.74) is 10.1. The van der Waals surface area contributed by atoms with Crippen molar-refractivity contribution in [2.75, 3.05) is 10.6 Å². The van der Waals surface area contributed by atoms with Crippen LogP contribution in [0.5, 0.6) is 11.5 Å². The fraction of sp³-hybridized carbons (Fsp3) is 0.256. The summed E-state index contributed by atoms with van der Waals surface area (Å²) < 4.78 is 14.5. The molecule has 0 bridgehead atoms. The van der Waals surface area contributed by atoms with Gasteiger partial charge in [0.2, 0.25) is 11.8 Å². The van der Waals surface area contributed by atoms with Crippen LogP contribution in [0.4, 0.5) is 11.4 Å². The monoisotopic (exact) mass is 735 g/mol. The zero-order chi connectivity index (χ0) is 35.4. The Morgan fingerprint density at radius 3 is 1.78 bits per heavy atom. The number of benzene rings is 2. The maximum atomic E-state index is 12.1. The lowest BCUT2D eigenvalue weighted by molar-refractivity contribution is -0.117. The molecule has 10 nitrogen and oxygen atoms in total. The van der Waals surface area contributed by atoms with Crippen molar-refractivity contribution in [3.63, 3.8) is 0 Å². The number of ether oxygens (including phenoxy) is 2. The molecular formula is C39H38BrN5O5. The van der Waals surface area contributed by atoms with Crippen LogP contribution in [0.15, 0.2) is 82.5 Å². The Morgan fingerprint density at radius 1 is 0.700 bits per heavy atom. The average molecular weight is 737 g/mol. The molecule has 0 radical (unpaired) electrons. The second-order valence-corrected chi connectivity index (χ2v) is 13.4. The highest BCUT2D eigenvalue weighted by atomic mass is 79.9. The Kier molecular flexibility index (Phi) is 10.4. The molecule has 0 spiro atoms. The summed E-state index contributed by atoms with van der Waals surface area (Å²) in [5.74, 6) is 1.31. The molecule has 0 fully saturated rings. The van der Waals surface area contributed by atoms with E-state index in [0.717, 1.165) is 67.0 Å². The van der Waals surface area contributed by atoms with E-state index in [1.165, 1.54) is 0 Å². The van der Waals surface area contributed by atoms with Crippen molar-refractivity contribution in [3.05, 3.63) is 127 Å². The van der Waals surface area contributed by atoms with Crippen molar-refractivity contribution in [1.82, 2.24) is 14.5 Å². The first-order chi connectivity index (χ1) is 24.0. The van der Waals surface area contributed by atoms with Crippen molar-refractivity contribution >= 4 is 39.1 Å². The fourth-order valence-corrected chi connectivity index (χ4v) is 6.43. The maximum Gasteiger partial charge on any atom is 0.253 e. The molecule has 0 aliphatic carbocycles. The molecule has 5 aromatic rings. The number of rotatable bonds is 7. The van der Waals surface area contributed by atoms with E-state index in [2.05, 4.69) is 42.6 Å². The Labute approximate surface area is 299 Å². The molecule has 0 saturated carbocycles. The number of nitrogens with zero attached hydrogens (tertiary/aromatic N) is 3. The van der Waals surface area contributed by atoms with Gasteiger partial charge in [-0.15, -0.1) is 0 Å². The number of carbonyl (C=O) groups is 2. The van der Waals surface area contributed by atoms with Crippen LogP contribution in [0, 0.1) is 20.8 Å². The van der Waals surface area contributed by atoms with Crippen molar-refractivity contribution in [3.8, 4) is 22.6 Å². The van der Waals surface area contributed by atoms with Crippen LogP contribution in [-0.4, -0.2) is 26.3 Å². The lowest BCUT2D eigenvalue weighted by Gasteiger charge is -2.22. The van der Waals surface area contributed by atoms with Crippen LogP contribution in [-0.2, 0) is 42.7 Å². The Morgan fingerprint density at radius 2 is 1.24 bits per heavy atom. The molecule has 0 atom stereocenters. The number of hydrogen-bond donors (Lipinski definition) is 2. The van der Waals surface area contributed by atoms with E-state index in [1.807, 2.05) is 75.5 Å². The molecule has 2 N–H and O–H groups in total. The second kappa shape index (κ2) is 15.1. The van der Waals surface area contributed by atoms with Crippen LogP contribution in [0.3, 0.4) is 0 Å². The fourth-order valence-electron chi connectivity index (χ4n) is 5.95. The van der Waals surface area contributed by atoms with E-state index in [0.29, 0.717) is 49.5 Å². The quantitative estimate of drug-likeness (QED) is 0.182. The summed E-state index contributed by atoms with van der Waals surface area (Å²) in [7, 11) is 1.75. The molecule has 11 heteroatoms. The zero-order valence-electron chi connectivity index (χ0n) is 28.4. The molecular weight excluding hydrogens is 698 g/mol. The van der Waals surface area contributed by atoms with Crippen molar-refractivity contribution in [2.24, 2.45) is 7.05 Å². The SMILES string of the molecule is Cc1cccnc1COc1cc(-c2cc(C)c(=O)n(C)c2)cc2c1NC(=O)CC2.Cc1cccnc1COc1cc(Br)cc2c1NC(=O)CC2. The molecule has 2 aliphatic rings. The van der Waals surface area contributed by atoms with Crippen LogP contribution < -0.4 is 25.7 Å². The average Bonchev–Trinajstić information content (AvgIpc) is 3.10. The minimum Gasteiger partial charge on any atom is -0.485 e. The third-order valence-electron chi connectivity index (χ3n) is 8.76. The number of anilines is 2. The zero-order valence-corrected chi connectivity index (χ0v) is 30.0. The molecule has 0 unspecified atom stereocenters. The molecule has 5 heterocycles. The molecule has 0 saturated heterocycles. The van der Waals surface area contributed by atoms with Gasteiger partial charge in [-0.05, 0) is 109 Å². The number of pyridine rings is 3. The minimum atomic E-state index is -0.0129. The molecule has 2 aliphatic heterocycles. The number of aromatic nitrogens is 3. The summed E-state index contributed by atoms with van der Waals surface area (Å²) in [6, 6.07) is 17.6. The highest BCUT2D eigenvalue weighted by Crippen LogP contribution is 2.38. The van der Waals surface area contributed by atoms with E-state index >= 15 is 0 Å². The third kappa shape index (κ3) is 7.94. The van der Waals surface area contributed by atoms with Gasteiger partial charge in [-0.3, -0.25) is 24.4 Å². The lowest BCUT2D eigenvalue weighted by Crippen LogP contribution is -2.20. The predicted octanol–water partition coefficient (Wildman–Crippen LogP) is 7.14. The highest BCUT2D eigenvalue weighted by Gasteiger charge is 2.22. The van der Waals surface area contributed by atoms with Gasteiger partial charge in [0.15, 0.2) is 0 Å². The van der Waals surface area contributed by atoms with E-state index in [9.17, 15) is 14.4 Å². The number of carbonyl (C=O) groups excluding carboxylic acids is 2. The molecule has 50 heavy (non-hydrogen) atoms. The maximum absolute atomic E-state index is 12.1. The van der Waals surface area contributed by atoms with Crippen molar-refractivity contribution < 1.29 is 19.1 Å². The summed E-state index contributed by atoms with van der Waals surface area (Å²) in [5, 5.41) is 5.85. The van der Waals surface area contributed by atoms with E-state index in [1.54, 1.807) is 24.0 Å². The normalized spacial score (nSPS) is 13.2. The predicted molar refractivity (Wildman–Crippen MR) is 197 cm³/mol. The molecule has 3 aromatic heterocycles. The van der Waals surface area contributed by atoms with Crippen molar-refractivity contribution in [1.29, 1.82) is 0 Å². The molecule has 2 amide bonds. The second-order valence-electron chi connectivity index (χ2n) is 12.5. The Bertz CT molecular complexity index is 2140. The van der Waals surface area contributed by atoms with Gasteiger partial charge in [0.05, 0.1) is 22.8 Å². The topological polar surface area (TPSA) is 124 Å². The van der Waals surface area contributed by atoms with Gasteiger partial charge in [0.1, 0.15) is 24.7 Å². The summed E-state index contributed by atoms with van der Waals surface area (Å²) in [4.78, 5) is 44.3. The molecule has 7 rings (SSSR count). The number of amides is 2.